The summed E-state index contributed by atoms with van der Waals surface area (Å²) in [5.41, 5.74) is 7.07. The minimum absolute atomic E-state index is 0.574. The molecule has 0 amide bonds. The molecule has 0 bridgehead atoms. The Labute approximate surface area is 89.6 Å². The fraction of sp³-hybridized carbons (Fsp3) is 0.125. The summed E-state index contributed by atoms with van der Waals surface area (Å²) in [6.07, 6.45) is 3.19. The third kappa shape index (κ3) is 2.21. The predicted molar refractivity (Wildman–Crippen MR) is 57.4 cm³/mol. The molecule has 2 heterocycles. The number of hydrogen-bond donors (Lipinski definition) is 1. The molecular weight excluding hydrogens is 216 g/mol. The molecule has 0 aliphatic rings. The summed E-state index contributed by atoms with van der Waals surface area (Å²) in [4.78, 5) is 12.5. The zero-order valence-corrected chi connectivity index (χ0v) is 9.10. The van der Waals surface area contributed by atoms with E-state index in [9.17, 15) is 0 Å². The third-order valence-electron chi connectivity index (χ3n) is 1.42. The second-order valence-electron chi connectivity index (χ2n) is 2.66. The van der Waals surface area contributed by atoms with Crippen molar-refractivity contribution in [3.8, 4) is 0 Å². The van der Waals surface area contributed by atoms with Gasteiger partial charge in [0.15, 0.2) is 9.50 Å². The molecule has 2 aromatic heterocycles. The minimum Gasteiger partial charge on any atom is -0.396 e. The highest BCUT2D eigenvalue weighted by Gasteiger charge is 2.03. The molecule has 0 saturated carbocycles. The fourth-order valence-corrected chi connectivity index (χ4v) is 2.47. The first-order valence-electron chi connectivity index (χ1n) is 3.91. The second-order valence-corrected chi connectivity index (χ2v) is 4.73. The molecule has 2 N–H and O–H groups in total. The van der Waals surface area contributed by atoms with Crippen LogP contribution in [0.25, 0.3) is 0 Å². The van der Waals surface area contributed by atoms with E-state index < -0.39 is 0 Å². The summed E-state index contributed by atoms with van der Waals surface area (Å²) < 4.78 is 0.951. The van der Waals surface area contributed by atoms with Crippen LogP contribution in [0.2, 0.25) is 0 Å². The van der Waals surface area contributed by atoms with Gasteiger partial charge in [0.1, 0.15) is 0 Å². The van der Waals surface area contributed by atoms with E-state index in [1.165, 1.54) is 11.8 Å². The van der Waals surface area contributed by atoms with Crippen LogP contribution in [0.3, 0.4) is 0 Å². The molecule has 6 heteroatoms. The largest absolute Gasteiger partial charge is 0.396 e. The highest BCUT2D eigenvalue weighted by atomic mass is 32.2. The predicted octanol–water partition coefficient (Wildman–Crippen LogP) is 1.97. The van der Waals surface area contributed by atoms with E-state index in [1.54, 1.807) is 23.7 Å². The monoisotopic (exact) mass is 224 g/mol. The van der Waals surface area contributed by atoms with Gasteiger partial charge >= 0.3 is 0 Å². The molecule has 4 nitrogen and oxygen atoms in total. The van der Waals surface area contributed by atoms with Crippen molar-refractivity contribution < 1.29 is 0 Å². The Morgan fingerprint density at radius 3 is 2.64 bits per heavy atom. The number of thiazole rings is 1. The SMILES string of the molecule is Cc1csc(Sc2ncc(N)cn2)n1. The van der Waals surface area contributed by atoms with Crippen molar-refractivity contribution in [1.29, 1.82) is 0 Å². The Bertz CT molecular complexity index is 423. The number of rotatable bonds is 2. The van der Waals surface area contributed by atoms with E-state index in [0.29, 0.717) is 10.8 Å². The van der Waals surface area contributed by atoms with Crippen molar-refractivity contribution in [2.45, 2.75) is 16.4 Å². The summed E-state index contributed by atoms with van der Waals surface area (Å²) in [5, 5.41) is 2.67. The Kier molecular flexibility index (Phi) is 2.64. The van der Waals surface area contributed by atoms with Gasteiger partial charge in [0.2, 0.25) is 0 Å². The van der Waals surface area contributed by atoms with Gasteiger partial charge in [0.05, 0.1) is 18.1 Å². The summed E-state index contributed by atoms with van der Waals surface area (Å²) in [5.74, 6) is 0. The molecule has 0 aliphatic carbocycles. The molecule has 0 unspecified atom stereocenters. The van der Waals surface area contributed by atoms with Crippen molar-refractivity contribution in [1.82, 2.24) is 15.0 Å². The van der Waals surface area contributed by atoms with E-state index in [2.05, 4.69) is 15.0 Å². The number of aromatic nitrogens is 3. The first-order chi connectivity index (χ1) is 6.74. The molecule has 0 atom stereocenters. The Morgan fingerprint density at radius 2 is 2.07 bits per heavy atom. The highest BCUT2D eigenvalue weighted by molar-refractivity contribution is 8.00. The zero-order valence-electron chi connectivity index (χ0n) is 7.47. The third-order valence-corrected chi connectivity index (χ3v) is 3.37. The molecule has 0 spiro atoms. The van der Waals surface area contributed by atoms with Gasteiger partial charge in [-0.1, -0.05) is 0 Å². The maximum absolute atomic E-state index is 5.48. The molecule has 0 fully saturated rings. The molecule has 0 saturated heterocycles. The molecule has 0 aromatic carbocycles. The van der Waals surface area contributed by atoms with Crippen LogP contribution in [0.15, 0.2) is 27.3 Å². The summed E-state index contributed by atoms with van der Waals surface area (Å²) in [7, 11) is 0. The lowest BCUT2D eigenvalue weighted by atomic mass is 10.6. The van der Waals surface area contributed by atoms with Crippen molar-refractivity contribution in [3.63, 3.8) is 0 Å². The van der Waals surface area contributed by atoms with Crippen LogP contribution < -0.4 is 5.73 Å². The van der Waals surface area contributed by atoms with Crippen LogP contribution in [0.1, 0.15) is 5.69 Å². The van der Waals surface area contributed by atoms with E-state index in [1.807, 2.05) is 12.3 Å². The lowest BCUT2D eigenvalue weighted by Crippen LogP contribution is -1.90. The molecule has 2 rings (SSSR count). The van der Waals surface area contributed by atoms with E-state index >= 15 is 0 Å². The van der Waals surface area contributed by atoms with Gasteiger partial charge in [-0.25, -0.2) is 15.0 Å². The van der Waals surface area contributed by atoms with E-state index in [4.69, 9.17) is 5.73 Å². The lowest BCUT2D eigenvalue weighted by molar-refractivity contribution is 0.968. The Balaban J connectivity index is 2.15. The van der Waals surface area contributed by atoms with Gasteiger partial charge in [-0.05, 0) is 18.7 Å². The highest BCUT2D eigenvalue weighted by Crippen LogP contribution is 2.27. The minimum atomic E-state index is 0.574. The van der Waals surface area contributed by atoms with Gasteiger partial charge in [-0.15, -0.1) is 11.3 Å². The number of nitrogen functional groups attached to an aromatic ring is 1. The Morgan fingerprint density at radius 1 is 1.36 bits per heavy atom. The van der Waals surface area contributed by atoms with Gasteiger partial charge in [-0.3, -0.25) is 0 Å². The number of nitrogens with zero attached hydrogens (tertiary/aromatic N) is 3. The topological polar surface area (TPSA) is 64.7 Å². The normalized spacial score (nSPS) is 10.4. The van der Waals surface area contributed by atoms with Crippen molar-refractivity contribution in [2.24, 2.45) is 0 Å². The van der Waals surface area contributed by atoms with Crippen molar-refractivity contribution in [2.75, 3.05) is 5.73 Å². The quantitative estimate of drug-likeness (QED) is 0.790. The summed E-state index contributed by atoms with van der Waals surface area (Å²) >= 11 is 3.04. The van der Waals surface area contributed by atoms with E-state index in [-0.39, 0.29) is 0 Å². The van der Waals surface area contributed by atoms with Crippen LogP contribution in [0.5, 0.6) is 0 Å². The maximum atomic E-state index is 5.48. The van der Waals surface area contributed by atoms with Gasteiger partial charge in [-0.2, -0.15) is 0 Å². The van der Waals surface area contributed by atoms with Gasteiger partial charge < -0.3 is 5.73 Å². The van der Waals surface area contributed by atoms with Gasteiger partial charge in [0.25, 0.3) is 0 Å². The zero-order chi connectivity index (χ0) is 9.97. The average molecular weight is 224 g/mol. The van der Waals surface area contributed by atoms with Crippen LogP contribution in [-0.2, 0) is 0 Å². The molecule has 0 radical (unpaired) electrons. The summed E-state index contributed by atoms with van der Waals surface area (Å²) in [6, 6.07) is 0. The molecule has 2 aromatic rings. The van der Waals surface area contributed by atoms with Gasteiger partial charge in [0, 0.05) is 11.1 Å². The second kappa shape index (κ2) is 3.93. The molecular formula is C8H8N4S2. The number of nitrogens with two attached hydrogens (primary N) is 1. The van der Waals surface area contributed by atoms with Crippen LogP contribution in [0, 0.1) is 6.92 Å². The summed E-state index contributed by atoms with van der Waals surface area (Å²) in [6.45, 7) is 1.96. The van der Waals surface area contributed by atoms with Crippen molar-refractivity contribution in [3.05, 3.63) is 23.5 Å². The van der Waals surface area contributed by atoms with Crippen LogP contribution in [-0.4, -0.2) is 15.0 Å². The lowest BCUT2D eigenvalue weighted by Gasteiger charge is -1.95. The smallest absolute Gasteiger partial charge is 0.194 e. The van der Waals surface area contributed by atoms with Crippen LogP contribution in [0.4, 0.5) is 5.69 Å². The first kappa shape index (κ1) is 9.42. The average Bonchev–Trinajstić information content (AvgIpc) is 2.56. The maximum Gasteiger partial charge on any atom is 0.194 e. The standard InChI is InChI=1S/C8H8N4S2/c1-5-4-13-8(12-5)14-7-10-2-6(9)3-11-7/h2-4H,9H2,1H3. The molecule has 0 aliphatic heterocycles. The number of hydrogen-bond acceptors (Lipinski definition) is 6. The van der Waals surface area contributed by atoms with Crippen molar-refractivity contribution >= 4 is 28.8 Å². The first-order valence-corrected chi connectivity index (χ1v) is 5.61. The number of aryl methyl sites for hydroxylation is 1. The fourth-order valence-electron chi connectivity index (χ4n) is 0.836. The Hall–Kier alpha value is -1.14. The molecule has 14 heavy (non-hydrogen) atoms. The molecule has 72 valence electrons. The van der Waals surface area contributed by atoms with E-state index in [0.717, 1.165) is 10.0 Å². The van der Waals surface area contributed by atoms with Crippen LogP contribution >= 0.6 is 23.1 Å². The number of anilines is 1.